The van der Waals surface area contributed by atoms with Crippen molar-refractivity contribution in [3.05, 3.63) is 36.4 Å². The van der Waals surface area contributed by atoms with Crippen LogP contribution in [0.15, 0.2) is 30.9 Å². The smallest absolute Gasteiger partial charge is 0.515 e. The number of rotatable bonds is 7. The van der Waals surface area contributed by atoms with Gasteiger partial charge in [0.2, 0.25) is 0 Å². The Bertz CT molecular complexity index is 405. The summed E-state index contributed by atoms with van der Waals surface area (Å²) < 4.78 is 46.5. The van der Waals surface area contributed by atoms with E-state index in [1.165, 1.54) is 6.07 Å². The van der Waals surface area contributed by atoms with Crippen molar-refractivity contribution >= 4 is 6.98 Å². The van der Waals surface area contributed by atoms with E-state index in [0.29, 0.717) is 24.3 Å². The summed E-state index contributed by atoms with van der Waals surface area (Å²) in [5.41, 5.74) is 0.635. The van der Waals surface area contributed by atoms with Crippen LogP contribution in [0, 0.1) is 0 Å². The first-order chi connectivity index (χ1) is 8.46. The molecule has 0 aromatic heterocycles. The SMILES string of the molecule is C=CCc1cc(OCC)ccc1OC[B-](F)(F)F. The highest BCUT2D eigenvalue weighted by molar-refractivity contribution is 6.58. The van der Waals surface area contributed by atoms with Crippen LogP contribution in [0.2, 0.25) is 0 Å². The summed E-state index contributed by atoms with van der Waals surface area (Å²) in [4.78, 5) is 0. The van der Waals surface area contributed by atoms with E-state index in [9.17, 15) is 12.9 Å². The van der Waals surface area contributed by atoms with E-state index in [1.54, 1.807) is 18.2 Å². The normalized spacial score (nSPS) is 11.1. The van der Waals surface area contributed by atoms with Gasteiger partial charge in [-0.15, -0.1) is 6.58 Å². The van der Waals surface area contributed by atoms with Crippen molar-refractivity contribution in [3.8, 4) is 11.5 Å². The maximum atomic E-state index is 12.2. The third-order valence-corrected chi connectivity index (χ3v) is 2.14. The topological polar surface area (TPSA) is 18.5 Å². The third-order valence-electron chi connectivity index (χ3n) is 2.14. The summed E-state index contributed by atoms with van der Waals surface area (Å²) in [6.45, 7) is -0.286. The molecule has 0 aliphatic heterocycles. The standard InChI is InChI=1S/C12H15BF3O2/c1-3-5-10-8-11(17-4-2)6-7-12(10)18-9-13(14,15)16/h3,6-8H,1,4-5,9H2,2H3/q-1. The Morgan fingerprint density at radius 2 is 2.00 bits per heavy atom. The lowest BCUT2D eigenvalue weighted by atomic mass is 9.95. The zero-order valence-corrected chi connectivity index (χ0v) is 10.2. The van der Waals surface area contributed by atoms with Crippen LogP contribution in [0.3, 0.4) is 0 Å². The van der Waals surface area contributed by atoms with Crippen molar-refractivity contribution in [2.24, 2.45) is 0 Å². The van der Waals surface area contributed by atoms with Crippen molar-refractivity contribution in [3.63, 3.8) is 0 Å². The Kier molecular flexibility index (Phi) is 5.13. The molecule has 18 heavy (non-hydrogen) atoms. The predicted molar refractivity (Wildman–Crippen MR) is 66.1 cm³/mol. The van der Waals surface area contributed by atoms with Gasteiger partial charge >= 0.3 is 6.98 Å². The van der Waals surface area contributed by atoms with Gasteiger partial charge in [-0.2, -0.15) is 0 Å². The van der Waals surface area contributed by atoms with E-state index in [4.69, 9.17) is 9.47 Å². The summed E-state index contributed by atoms with van der Waals surface area (Å²) in [5, 5.41) is 0. The first kappa shape index (κ1) is 14.5. The molecule has 2 nitrogen and oxygen atoms in total. The number of ether oxygens (including phenoxy) is 2. The Balaban J connectivity index is 2.85. The number of halogens is 3. The minimum absolute atomic E-state index is 0.220. The first-order valence-corrected chi connectivity index (χ1v) is 5.66. The monoisotopic (exact) mass is 259 g/mol. The molecule has 6 heteroatoms. The van der Waals surface area contributed by atoms with Crippen LogP contribution in [0.4, 0.5) is 12.9 Å². The summed E-state index contributed by atoms with van der Waals surface area (Å²) in [6.07, 6.45) is 2.04. The fourth-order valence-electron chi connectivity index (χ4n) is 1.45. The van der Waals surface area contributed by atoms with Gasteiger partial charge in [0, 0.05) is 5.56 Å². The van der Waals surface area contributed by atoms with Gasteiger partial charge in [-0.25, -0.2) is 0 Å². The third kappa shape index (κ3) is 4.73. The van der Waals surface area contributed by atoms with Gasteiger partial charge in [-0.05, 0) is 31.5 Å². The van der Waals surface area contributed by atoms with Crippen molar-refractivity contribution in [2.75, 3.05) is 13.1 Å². The number of allylic oxidation sites excluding steroid dienone is 1. The average molecular weight is 259 g/mol. The Morgan fingerprint density at radius 3 is 2.56 bits per heavy atom. The second-order valence-corrected chi connectivity index (χ2v) is 3.72. The summed E-state index contributed by atoms with van der Waals surface area (Å²) in [6, 6.07) is 4.75. The molecule has 0 fully saturated rings. The largest absolute Gasteiger partial charge is 0.521 e. The fraction of sp³-hybridized carbons (Fsp3) is 0.333. The average Bonchev–Trinajstić information content (AvgIpc) is 2.28. The van der Waals surface area contributed by atoms with Crippen LogP contribution in [0.5, 0.6) is 11.5 Å². The molecule has 100 valence electrons. The highest BCUT2D eigenvalue weighted by Gasteiger charge is 2.24. The molecule has 1 aromatic carbocycles. The molecule has 1 rings (SSSR count). The van der Waals surface area contributed by atoms with E-state index in [2.05, 4.69) is 6.58 Å². The Morgan fingerprint density at radius 1 is 1.28 bits per heavy atom. The van der Waals surface area contributed by atoms with Crippen molar-refractivity contribution in [2.45, 2.75) is 13.3 Å². The Labute approximate surface area is 104 Å². The molecule has 0 saturated heterocycles. The number of hydrogen-bond donors (Lipinski definition) is 0. The van der Waals surface area contributed by atoms with Gasteiger partial charge in [-0.1, -0.05) is 6.08 Å². The van der Waals surface area contributed by atoms with E-state index >= 15 is 0 Å². The highest BCUT2D eigenvalue weighted by atomic mass is 19.4. The van der Waals surface area contributed by atoms with Crippen LogP contribution < -0.4 is 9.47 Å². The van der Waals surface area contributed by atoms with Crippen molar-refractivity contribution in [1.29, 1.82) is 0 Å². The van der Waals surface area contributed by atoms with Crippen molar-refractivity contribution < 1.29 is 22.4 Å². The summed E-state index contributed by atoms with van der Waals surface area (Å²) in [7, 11) is 0. The van der Waals surface area contributed by atoms with E-state index in [1.807, 2.05) is 6.92 Å². The van der Waals surface area contributed by atoms with Crippen LogP contribution in [0.25, 0.3) is 0 Å². The molecule has 0 heterocycles. The summed E-state index contributed by atoms with van der Waals surface area (Å²) >= 11 is 0. The first-order valence-electron chi connectivity index (χ1n) is 5.66. The zero-order valence-electron chi connectivity index (χ0n) is 10.2. The molecule has 0 radical (unpaired) electrons. The lowest BCUT2D eigenvalue weighted by molar-refractivity contribution is 0.309. The van der Waals surface area contributed by atoms with Gasteiger partial charge in [0.25, 0.3) is 0 Å². The second kappa shape index (κ2) is 6.38. The minimum atomic E-state index is -4.95. The minimum Gasteiger partial charge on any atom is -0.521 e. The number of hydrogen-bond acceptors (Lipinski definition) is 2. The van der Waals surface area contributed by atoms with Crippen LogP contribution in [-0.2, 0) is 6.42 Å². The molecule has 1 aromatic rings. The van der Waals surface area contributed by atoms with E-state index in [-0.39, 0.29) is 5.75 Å². The Hall–Kier alpha value is -1.59. The lowest BCUT2D eigenvalue weighted by Crippen LogP contribution is -2.26. The zero-order chi connectivity index (χ0) is 13.6. The molecular formula is C12H15BF3O2-. The molecule has 0 aliphatic carbocycles. The van der Waals surface area contributed by atoms with Crippen LogP contribution in [-0.4, -0.2) is 20.1 Å². The van der Waals surface area contributed by atoms with Gasteiger partial charge in [-0.3, -0.25) is 0 Å². The lowest BCUT2D eigenvalue weighted by Gasteiger charge is -2.17. The van der Waals surface area contributed by atoms with Gasteiger partial charge in [0.15, 0.2) is 0 Å². The molecule has 0 amide bonds. The second-order valence-electron chi connectivity index (χ2n) is 3.72. The maximum absolute atomic E-state index is 12.2. The fourth-order valence-corrected chi connectivity index (χ4v) is 1.45. The molecule has 0 atom stereocenters. The van der Waals surface area contributed by atoms with Gasteiger partial charge < -0.3 is 22.4 Å². The molecule has 0 aliphatic rings. The maximum Gasteiger partial charge on any atom is 0.515 e. The molecule has 0 saturated carbocycles. The van der Waals surface area contributed by atoms with Gasteiger partial charge in [0.05, 0.1) is 13.1 Å². The van der Waals surface area contributed by atoms with Crippen LogP contribution >= 0.6 is 0 Å². The van der Waals surface area contributed by atoms with E-state index < -0.39 is 13.5 Å². The molecule has 0 spiro atoms. The highest BCUT2D eigenvalue weighted by Crippen LogP contribution is 2.26. The quantitative estimate of drug-likeness (QED) is 0.550. The van der Waals surface area contributed by atoms with Gasteiger partial charge in [0.1, 0.15) is 11.5 Å². The summed E-state index contributed by atoms with van der Waals surface area (Å²) in [5.74, 6) is 0.830. The molecule has 0 N–H and O–H groups in total. The van der Waals surface area contributed by atoms with Crippen molar-refractivity contribution in [1.82, 2.24) is 0 Å². The molecular weight excluding hydrogens is 244 g/mol. The predicted octanol–water partition coefficient (Wildman–Crippen LogP) is 3.58. The van der Waals surface area contributed by atoms with E-state index in [0.717, 1.165) is 0 Å². The molecule has 0 unspecified atom stereocenters. The number of benzene rings is 1. The molecule has 0 bridgehead atoms. The van der Waals surface area contributed by atoms with Crippen LogP contribution in [0.1, 0.15) is 12.5 Å².